The first kappa shape index (κ1) is 21.3. The van der Waals surface area contributed by atoms with Gasteiger partial charge in [0.25, 0.3) is 5.91 Å². The van der Waals surface area contributed by atoms with Crippen molar-refractivity contribution in [1.29, 1.82) is 0 Å². The van der Waals surface area contributed by atoms with Crippen LogP contribution in [0.2, 0.25) is 0 Å². The SMILES string of the molecule is Cc1ccccc1-n1ncc2c(NC(=O)c3ccc([N+](=O)[O-])s3)nc(-c3ccc(F)nc3)nc21. The Bertz CT molecular complexity index is 1560. The number of aryl methyl sites for hydroxylation is 1. The molecule has 0 radical (unpaired) electrons. The number of rotatable bonds is 5. The number of halogens is 1. The van der Waals surface area contributed by atoms with Crippen LogP contribution in [0.5, 0.6) is 0 Å². The highest BCUT2D eigenvalue weighted by atomic mass is 32.1. The molecule has 0 atom stereocenters. The van der Waals surface area contributed by atoms with Crippen LogP contribution in [0.3, 0.4) is 0 Å². The van der Waals surface area contributed by atoms with E-state index in [1.54, 1.807) is 4.68 Å². The van der Waals surface area contributed by atoms with Gasteiger partial charge in [-0.2, -0.15) is 9.49 Å². The number of fused-ring (bicyclic) bond motifs is 1. The Hall–Kier alpha value is -4.58. The Labute approximate surface area is 194 Å². The Kier molecular flexibility index (Phi) is 5.26. The van der Waals surface area contributed by atoms with Crippen LogP contribution in [0.1, 0.15) is 15.2 Å². The molecule has 12 heteroatoms. The average molecular weight is 475 g/mol. The zero-order chi connectivity index (χ0) is 23.8. The van der Waals surface area contributed by atoms with Crippen molar-refractivity contribution in [1.82, 2.24) is 24.7 Å². The molecule has 4 aromatic heterocycles. The largest absolute Gasteiger partial charge is 0.324 e. The third kappa shape index (κ3) is 3.86. The normalized spacial score (nSPS) is 11.0. The molecule has 0 unspecified atom stereocenters. The molecule has 4 heterocycles. The number of para-hydroxylation sites is 1. The van der Waals surface area contributed by atoms with Crippen molar-refractivity contribution in [3.63, 3.8) is 0 Å². The van der Waals surface area contributed by atoms with E-state index in [4.69, 9.17) is 0 Å². The van der Waals surface area contributed by atoms with Crippen LogP contribution in [-0.2, 0) is 0 Å². The highest BCUT2D eigenvalue weighted by molar-refractivity contribution is 7.17. The van der Waals surface area contributed by atoms with E-state index in [9.17, 15) is 19.3 Å². The number of hydrogen-bond donors (Lipinski definition) is 1. The summed E-state index contributed by atoms with van der Waals surface area (Å²) in [7, 11) is 0. The van der Waals surface area contributed by atoms with Gasteiger partial charge in [0.15, 0.2) is 11.5 Å². The summed E-state index contributed by atoms with van der Waals surface area (Å²) in [6.45, 7) is 1.93. The Morgan fingerprint density at radius 3 is 2.65 bits per heavy atom. The van der Waals surface area contributed by atoms with Gasteiger partial charge in [0.2, 0.25) is 5.95 Å². The topological polar surface area (TPSA) is 129 Å². The maximum atomic E-state index is 13.4. The minimum absolute atomic E-state index is 0.148. The molecule has 0 aliphatic rings. The summed E-state index contributed by atoms with van der Waals surface area (Å²) in [5, 5.41) is 18.4. The lowest BCUT2D eigenvalue weighted by atomic mass is 10.2. The van der Waals surface area contributed by atoms with Gasteiger partial charge in [0, 0.05) is 17.8 Å². The lowest BCUT2D eigenvalue weighted by Gasteiger charge is -2.10. The number of anilines is 1. The molecule has 10 nitrogen and oxygen atoms in total. The molecule has 0 aliphatic carbocycles. The third-order valence-electron chi connectivity index (χ3n) is 4.99. The van der Waals surface area contributed by atoms with E-state index < -0.39 is 16.8 Å². The second-order valence-corrected chi connectivity index (χ2v) is 8.26. The van der Waals surface area contributed by atoms with E-state index in [1.807, 2.05) is 31.2 Å². The first-order valence-corrected chi connectivity index (χ1v) is 10.7. The van der Waals surface area contributed by atoms with Crippen molar-refractivity contribution in [2.75, 3.05) is 5.32 Å². The van der Waals surface area contributed by atoms with Gasteiger partial charge in [-0.3, -0.25) is 14.9 Å². The fraction of sp³-hybridized carbons (Fsp3) is 0.0455. The number of carbonyl (C=O) groups is 1. The summed E-state index contributed by atoms with van der Waals surface area (Å²) in [4.78, 5) is 36.1. The maximum absolute atomic E-state index is 13.4. The Morgan fingerprint density at radius 1 is 1.12 bits per heavy atom. The van der Waals surface area contributed by atoms with Crippen LogP contribution in [0, 0.1) is 23.0 Å². The van der Waals surface area contributed by atoms with Crippen LogP contribution in [0.4, 0.5) is 15.2 Å². The number of aromatic nitrogens is 5. The van der Waals surface area contributed by atoms with Gasteiger partial charge in [-0.25, -0.2) is 19.6 Å². The molecular weight excluding hydrogens is 461 g/mol. The number of nitrogens with zero attached hydrogens (tertiary/aromatic N) is 6. The molecule has 0 saturated carbocycles. The summed E-state index contributed by atoms with van der Waals surface area (Å²) in [6, 6.07) is 12.9. The molecule has 5 rings (SSSR count). The highest BCUT2D eigenvalue weighted by Gasteiger charge is 2.20. The van der Waals surface area contributed by atoms with Crippen molar-refractivity contribution >= 4 is 39.1 Å². The second kappa shape index (κ2) is 8.41. The molecule has 0 saturated heterocycles. The smallest absolute Gasteiger partial charge is 0.305 e. The monoisotopic (exact) mass is 475 g/mol. The van der Waals surface area contributed by atoms with Gasteiger partial charge >= 0.3 is 5.00 Å². The lowest BCUT2D eigenvalue weighted by molar-refractivity contribution is -0.380. The minimum atomic E-state index is -0.650. The number of benzene rings is 1. The van der Waals surface area contributed by atoms with E-state index in [2.05, 4.69) is 25.4 Å². The van der Waals surface area contributed by atoms with Crippen LogP contribution < -0.4 is 5.32 Å². The molecule has 1 N–H and O–H groups in total. The number of nitrogens with one attached hydrogen (secondary N) is 1. The van der Waals surface area contributed by atoms with Crippen LogP contribution >= 0.6 is 11.3 Å². The Balaban J connectivity index is 1.65. The molecule has 1 amide bonds. The molecule has 34 heavy (non-hydrogen) atoms. The molecule has 0 bridgehead atoms. The van der Waals surface area contributed by atoms with Gasteiger partial charge in [-0.1, -0.05) is 29.5 Å². The van der Waals surface area contributed by atoms with Gasteiger partial charge < -0.3 is 5.32 Å². The van der Waals surface area contributed by atoms with Crippen LogP contribution in [-0.4, -0.2) is 35.6 Å². The fourth-order valence-electron chi connectivity index (χ4n) is 3.33. The zero-order valence-corrected chi connectivity index (χ0v) is 18.3. The van der Waals surface area contributed by atoms with Crippen molar-refractivity contribution in [3.05, 3.63) is 87.4 Å². The van der Waals surface area contributed by atoms with E-state index in [-0.39, 0.29) is 21.5 Å². The second-order valence-electron chi connectivity index (χ2n) is 7.19. The summed E-state index contributed by atoms with van der Waals surface area (Å²) >= 11 is 0.753. The molecule has 0 fully saturated rings. The van der Waals surface area contributed by atoms with Crippen molar-refractivity contribution in [2.45, 2.75) is 6.92 Å². The Morgan fingerprint density at radius 2 is 1.94 bits per heavy atom. The third-order valence-corrected chi connectivity index (χ3v) is 6.02. The van der Waals surface area contributed by atoms with Gasteiger partial charge in [-0.05, 0) is 36.8 Å². The van der Waals surface area contributed by atoms with Gasteiger partial charge in [0.1, 0.15) is 5.82 Å². The number of carbonyl (C=O) groups excluding carboxylic acids is 1. The minimum Gasteiger partial charge on any atom is -0.305 e. The predicted octanol–water partition coefficient (Wildman–Crippen LogP) is 4.55. The van der Waals surface area contributed by atoms with E-state index >= 15 is 0 Å². The number of nitro groups is 1. The summed E-state index contributed by atoms with van der Waals surface area (Å²) in [5.74, 6) is -0.861. The molecule has 0 spiro atoms. The molecule has 1 aromatic carbocycles. The summed E-state index contributed by atoms with van der Waals surface area (Å²) in [6.07, 6.45) is 2.82. The standard InChI is InChI=1S/C22H14FN7O3S/c1-12-4-2-3-5-15(12)29-21-14(11-25-29)20(26-19(27-21)13-6-8-17(23)24-10-13)28-22(31)16-7-9-18(34-16)30(32)33/h2-11H,1H3,(H,26,27,28,31). The highest BCUT2D eigenvalue weighted by Crippen LogP contribution is 2.29. The van der Waals surface area contributed by atoms with E-state index in [0.717, 1.165) is 22.6 Å². The number of amides is 1. The molecule has 168 valence electrons. The molecular formula is C22H14FN7O3S. The van der Waals surface area contributed by atoms with Crippen LogP contribution in [0.15, 0.2) is 60.9 Å². The quantitative estimate of drug-likeness (QED) is 0.224. The first-order valence-electron chi connectivity index (χ1n) is 9.90. The van der Waals surface area contributed by atoms with Gasteiger partial charge in [-0.15, -0.1) is 0 Å². The van der Waals surface area contributed by atoms with E-state index in [1.165, 1.54) is 36.7 Å². The maximum Gasteiger partial charge on any atom is 0.324 e. The molecule has 0 aliphatic heterocycles. The number of thiophene rings is 1. The van der Waals surface area contributed by atoms with Gasteiger partial charge in [0.05, 0.1) is 27.1 Å². The summed E-state index contributed by atoms with van der Waals surface area (Å²) in [5.41, 5.74) is 2.58. The number of pyridine rings is 1. The average Bonchev–Trinajstić information content (AvgIpc) is 3.48. The fourth-order valence-corrected chi connectivity index (χ4v) is 4.05. The number of hydrogen-bond acceptors (Lipinski definition) is 8. The van der Waals surface area contributed by atoms with Crippen molar-refractivity contribution < 1.29 is 14.1 Å². The zero-order valence-electron chi connectivity index (χ0n) is 17.5. The molecule has 5 aromatic rings. The first-order chi connectivity index (χ1) is 16.4. The van der Waals surface area contributed by atoms with E-state index in [0.29, 0.717) is 16.6 Å². The van der Waals surface area contributed by atoms with Crippen LogP contribution in [0.25, 0.3) is 28.1 Å². The lowest BCUT2D eigenvalue weighted by Crippen LogP contribution is -2.13. The summed E-state index contributed by atoms with van der Waals surface area (Å²) < 4.78 is 15.0. The predicted molar refractivity (Wildman–Crippen MR) is 124 cm³/mol. The van der Waals surface area contributed by atoms with Crippen molar-refractivity contribution in [2.24, 2.45) is 0 Å². The van der Waals surface area contributed by atoms with Crippen molar-refractivity contribution in [3.8, 4) is 17.1 Å².